The van der Waals surface area contributed by atoms with Gasteiger partial charge >= 0.3 is 6.18 Å². The van der Waals surface area contributed by atoms with Crippen LogP contribution in [0.3, 0.4) is 0 Å². The van der Waals surface area contributed by atoms with Gasteiger partial charge < -0.3 is 0 Å². The third-order valence-corrected chi connectivity index (χ3v) is 4.49. The Morgan fingerprint density at radius 2 is 1.65 bits per heavy atom. The fourth-order valence-corrected chi connectivity index (χ4v) is 3.02. The lowest BCUT2D eigenvalue weighted by Gasteiger charge is -2.12. The number of aryl methyl sites for hydroxylation is 1. The molecule has 10 heteroatoms. The van der Waals surface area contributed by atoms with Gasteiger partial charge in [-0.25, -0.2) is 9.97 Å². The summed E-state index contributed by atoms with van der Waals surface area (Å²) in [6, 6.07) is 2.65. The summed E-state index contributed by atoms with van der Waals surface area (Å²) in [7, 11) is 0. The van der Waals surface area contributed by atoms with Crippen LogP contribution < -0.4 is 0 Å². The van der Waals surface area contributed by atoms with Crippen molar-refractivity contribution in [3.8, 4) is 0 Å². The molecule has 1 aromatic carbocycles. The van der Waals surface area contributed by atoms with E-state index in [0.717, 1.165) is 0 Å². The van der Waals surface area contributed by atoms with Gasteiger partial charge in [0.2, 0.25) is 0 Å². The monoisotopic (exact) mass is 378 g/mol. The van der Waals surface area contributed by atoms with Crippen molar-refractivity contribution in [1.82, 2.24) is 20.2 Å². The van der Waals surface area contributed by atoms with Gasteiger partial charge in [-0.05, 0) is 19.1 Å². The number of fused-ring (bicyclic) bond motifs is 1. The number of halogens is 5. The molecular formula is C13H7Cl2F3N4S. The number of hydrogen-bond donors (Lipinski definition) is 0. The molecular weight excluding hydrogens is 372 g/mol. The predicted octanol–water partition coefficient (Wildman–Crippen LogP) is 4.71. The first-order chi connectivity index (χ1) is 10.7. The topological polar surface area (TPSA) is 51.6 Å². The molecule has 0 atom stereocenters. The summed E-state index contributed by atoms with van der Waals surface area (Å²) in [5, 5.41) is 9.04. The Labute approximate surface area is 142 Å². The number of alkyl halides is 3. The van der Waals surface area contributed by atoms with E-state index in [1.54, 1.807) is 6.92 Å². The third-order valence-electron chi connectivity index (χ3n) is 2.93. The van der Waals surface area contributed by atoms with Gasteiger partial charge in [0.15, 0.2) is 5.69 Å². The van der Waals surface area contributed by atoms with Crippen molar-refractivity contribution in [2.24, 2.45) is 0 Å². The van der Waals surface area contributed by atoms with E-state index >= 15 is 0 Å². The van der Waals surface area contributed by atoms with E-state index in [2.05, 4.69) is 20.2 Å². The molecule has 4 nitrogen and oxygen atoms in total. The van der Waals surface area contributed by atoms with Gasteiger partial charge in [-0.3, -0.25) is 0 Å². The maximum Gasteiger partial charge on any atom is 0.435 e. The average molecular weight is 379 g/mol. The van der Waals surface area contributed by atoms with Crippen LogP contribution in [0.2, 0.25) is 10.0 Å². The first kappa shape index (κ1) is 16.4. The average Bonchev–Trinajstić information content (AvgIpc) is 2.84. The quantitative estimate of drug-likeness (QED) is 0.647. The molecule has 0 bridgehead atoms. The molecule has 0 radical (unpaired) electrons. The highest BCUT2D eigenvalue weighted by Crippen LogP contribution is 2.34. The molecule has 0 unspecified atom stereocenters. The number of rotatable bonds is 2. The summed E-state index contributed by atoms with van der Waals surface area (Å²) in [6.45, 7) is 1.72. The Bertz CT molecular complexity index is 895. The lowest BCUT2D eigenvalue weighted by molar-refractivity contribution is -0.141. The number of nitrogens with zero attached hydrogens (tertiary/aromatic N) is 4. The Kier molecular flexibility index (Phi) is 4.16. The second kappa shape index (κ2) is 5.85. The zero-order chi connectivity index (χ0) is 16.8. The second-order valence-corrected chi connectivity index (χ2v) is 6.74. The fraction of sp³-hybridized carbons (Fsp3) is 0.231. The van der Waals surface area contributed by atoms with E-state index in [1.165, 1.54) is 23.5 Å². The highest BCUT2D eigenvalue weighted by atomic mass is 35.5. The van der Waals surface area contributed by atoms with Gasteiger partial charge in [0.25, 0.3) is 0 Å². The molecule has 0 N–H and O–H groups in total. The number of hydrogen-bond acceptors (Lipinski definition) is 5. The summed E-state index contributed by atoms with van der Waals surface area (Å²) >= 11 is 12.9. The zero-order valence-corrected chi connectivity index (χ0v) is 13.8. The maximum absolute atomic E-state index is 13.3. The third kappa shape index (κ3) is 3.39. The smallest absolute Gasteiger partial charge is 0.248 e. The molecule has 0 spiro atoms. The molecule has 0 saturated heterocycles. The maximum atomic E-state index is 13.3. The van der Waals surface area contributed by atoms with Crippen molar-refractivity contribution in [2.75, 3.05) is 0 Å². The van der Waals surface area contributed by atoms with Crippen molar-refractivity contribution < 1.29 is 13.2 Å². The van der Waals surface area contributed by atoms with Gasteiger partial charge in [-0.15, -0.1) is 21.5 Å². The summed E-state index contributed by atoms with van der Waals surface area (Å²) in [5.41, 5.74) is -1.01. The molecule has 0 saturated carbocycles. The number of benzene rings is 1. The van der Waals surface area contributed by atoms with E-state index in [4.69, 9.17) is 23.2 Å². The Morgan fingerprint density at radius 1 is 1.04 bits per heavy atom. The first-order valence-electron chi connectivity index (χ1n) is 6.26. The first-order valence-corrected chi connectivity index (χ1v) is 7.83. The minimum Gasteiger partial charge on any atom is -0.248 e. The van der Waals surface area contributed by atoms with Crippen LogP contribution in [0.15, 0.2) is 12.1 Å². The molecule has 3 rings (SSSR count). The van der Waals surface area contributed by atoms with Gasteiger partial charge in [0, 0.05) is 6.42 Å². The normalized spacial score (nSPS) is 12.1. The molecule has 0 aliphatic heterocycles. The molecule has 23 heavy (non-hydrogen) atoms. The molecule has 2 heterocycles. The molecule has 120 valence electrons. The van der Waals surface area contributed by atoms with Crippen LogP contribution in [0.25, 0.3) is 11.0 Å². The standard InChI is InChI=1S/C13H7Cl2F3N4S/c1-5-21-22-11(23-5)4-10-12(13(16,17)18)20-9-3-7(15)6(14)2-8(9)19-10/h2-3H,4H2,1H3. The van der Waals surface area contributed by atoms with E-state index < -0.39 is 11.9 Å². The lowest BCUT2D eigenvalue weighted by atomic mass is 10.2. The van der Waals surface area contributed by atoms with E-state index in [0.29, 0.717) is 10.0 Å². The van der Waals surface area contributed by atoms with Crippen LogP contribution >= 0.6 is 34.5 Å². The van der Waals surface area contributed by atoms with E-state index in [-0.39, 0.29) is 33.2 Å². The van der Waals surface area contributed by atoms with Crippen molar-refractivity contribution in [1.29, 1.82) is 0 Å². The summed E-state index contributed by atoms with van der Waals surface area (Å²) in [5.74, 6) is 0. The fourth-order valence-electron chi connectivity index (χ4n) is 1.99. The Balaban J connectivity index is 2.18. The van der Waals surface area contributed by atoms with Crippen molar-refractivity contribution >= 4 is 45.6 Å². The van der Waals surface area contributed by atoms with Crippen LogP contribution in [-0.2, 0) is 12.6 Å². The van der Waals surface area contributed by atoms with Crippen LogP contribution in [-0.4, -0.2) is 20.2 Å². The van der Waals surface area contributed by atoms with Gasteiger partial charge in [-0.2, -0.15) is 13.2 Å². The SMILES string of the molecule is Cc1nnc(Cc2nc3cc(Cl)c(Cl)cc3nc2C(F)(F)F)s1. The number of aromatic nitrogens is 4. The van der Waals surface area contributed by atoms with Crippen LogP contribution in [0.1, 0.15) is 21.4 Å². The van der Waals surface area contributed by atoms with Crippen LogP contribution in [0.4, 0.5) is 13.2 Å². The van der Waals surface area contributed by atoms with Crippen molar-refractivity contribution in [3.05, 3.63) is 43.6 Å². The van der Waals surface area contributed by atoms with Crippen LogP contribution in [0, 0.1) is 6.92 Å². The second-order valence-electron chi connectivity index (χ2n) is 4.66. The summed E-state index contributed by atoms with van der Waals surface area (Å²) in [6.07, 6.45) is -4.74. The van der Waals surface area contributed by atoms with E-state index in [1.807, 2.05) is 0 Å². The van der Waals surface area contributed by atoms with E-state index in [9.17, 15) is 13.2 Å². The van der Waals surface area contributed by atoms with Gasteiger partial charge in [0.05, 0.1) is 26.8 Å². The molecule has 0 amide bonds. The van der Waals surface area contributed by atoms with Gasteiger partial charge in [-0.1, -0.05) is 23.2 Å². The highest BCUT2D eigenvalue weighted by Gasteiger charge is 2.37. The molecule has 0 aliphatic rings. The largest absolute Gasteiger partial charge is 0.435 e. The van der Waals surface area contributed by atoms with Gasteiger partial charge in [0.1, 0.15) is 10.0 Å². The Hall–Kier alpha value is -1.51. The van der Waals surface area contributed by atoms with Crippen molar-refractivity contribution in [3.63, 3.8) is 0 Å². The predicted molar refractivity (Wildman–Crippen MR) is 82.0 cm³/mol. The Morgan fingerprint density at radius 3 is 2.17 bits per heavy atom. The zero-order valence-electron chi connectivity index (χ0n) is 11.4. The molecule has 3 aromatic rings. The molecule has 0 aliphatic carbocycles. The molecule has 0 fully saturated rings. The van der Waals surface area contributed by atoms with Crippen LogP contribution in [0.5, 0.6) is 0 Å². The lowest BCUT2D eigenvalue weighted by Crippen LogP contribution is -2.14. The highest BCUT2D eigenvalue weighted by molar-refractivity contribution is 7.11. The summed E-state index contributed by atoms with van der Waals surface area (Å²) < 4.78 is 39.8. The minimum atomic E-state index is -4.64. The van der Waals surface area contributed by atoms with Crippen molar-refractivity contribution in [2.45, 2.75) is 19.5 Å². The molecule has 2 aromatic heterocycles. The minimum absolute atomic E-state index is 0.0314. The summed E-state index contributed by atoms with van der Waals surface area (Å²) in [4.78, 5) is 7.74.